The molecular weight excluding hydrogens is 320 g/mol. The number of aryl methyl sites for hydroxylation is 1. The molecule has 0 radical (unpaired) electrons. The lowest BCUT2D eigenvalue weighted by atomic mass is 9.89. The highest BCUT2D eigenvalue weighted by Gasteiger charge is 2.24. The first kappa shape index (κ1) is 16.2. The van der Waals surface area contributed by atoms with Crippen LogP contribution in [0.1, 0.15) is 42.5 Å². The normalized spacial score (nSPS) is 22.8. The standard InChI is InChI=1S/C18H26N4OS/c1-11-2-3-13-14(8-11)24-18-16(13)17(19)20-15(21-18)9-22-6-4-12(10-23)5-7-22/h11-12,23H,2-10H2,1H3,(H2,19,20,21). The van der Waals surface area contributed by atoms with Crippen molar-refractivity contribution in [2.45, 2.75) is 45.6 Å². The van der Waals surface area contributed by atoms with Crippen LogP contribution in [0.5, 0.6) is 0 Å². The van der Waals surface area contributed by atoms with Crippen molar-refractivity contribution in [1.29, 1.82) is 0 Å². The van der Waals surface area contributed by atoms with Crippen LogP contribution >= 0.6 is 11.3 Å². The van der Waals surface area contributed by atoms with Crippen molar-refractivity contribution in [3.63, 3.8) is 0 Å². The number of hydrogen-bond donors (Lipinski definition) is 2. The fourth-order valence-electron chi connectivity index (χ4n) is 4.01. The van der Waals surface area contributed by atoms with E-state index in [0.29, 0.717) is 18.3 Å². The molecule has 1 fully saturated rings. The van der Waals surface area contributed by atoms with Crippen LogP contribution in [0.15, 0.2) is 0 Å². The third-order valence-corrected chi connectivity index (χ3v) is 6.71. The molecule has 1 aliphatic carbocycles. The minimum atomic E-state index is 0.308. The quantitative estimate of drug-likeness (QED) is 0.893. The van der Waals surface area contributed by atoms with Crippen molar-refractivity contribution < 1.29 is 5.11 Å². The number of rotatable bonds is 3. The van der Waals surface area contributed by atoms with E-state index in [4.69, 9.17) is 10.7 Å². The summed E-state index contributed by atoms with van der Waals surface area (Å²) in [6.45, 7) is 5.40. The zero-order valence-electron chi connectivity index (χ0n) is 14.3. The maximum atomic E-state index is 9.26. The fraction of sp³-hybridized carbons (Fsp3) is 0.667. The zero-order valence-corrected chi connectivity index (χ0v) is 15.1. The molecule has 1 aliphatic heterocycles. The van der Waals surface area contributed by atoms with Crippen LogP contribution in [0, 0.1) is 11.8 Å². The van der Waals surface area contributed by atoms with Gasteiger partial charge >= 0.3 is 0 Å². The second kappa shape index (κ2) is 6.58. The number of aromatic nitrogens is 2. The number of piperidine rings is 1. The molecule has 2 aliphatic rings. The molecule has 0 saturated carbocycles. The molecule has 3 N–H and O–H groups in total. The third kappa shape index (κ3) is 3.03. The summed E-state index contributed by atoms with van der Waals surface area (Å²) in [4.78, 5) is 14.4. The van der Waals surface area contributed by atoms with Crippen molar-refractivity contribution in [1.82, 2.24) is 14.9 Å². The van der Waals surface area contributed by atoms with Crippen molar-refractivity contribution in [2.24, 2.45) is 11.8 Å². The topological polar surface area (TPSA) is 75.3 Å². The lowest BCUT2D eigenvalue weighted by Gasteiger charge is -2.30. The van der Waals surface area contributed by atoms with E-state index in [1.165, 1.54) is 16.9 Å². The molecule has 0 spiro atoms. The number of likely N-dealkylation sites (tertiary alicyclic amines) is 1. The summed E-state index contributed by atoms with van der Waals surface area (Å²) in [7, 11) is 0. The van der Waals surface area contributed by atoms with Gasteiger partial charge in [0.1, 0.15) is 16.5 Å². The van der Waals surface area contributed by atoms with E-state index in [-0.39, 0.29) is 0 Å². The van der Waals surface area contributed by atoms with E-state index >= 15 is 0 Å². The van der Waals surface area contributed by atoms with Gasteiger partial charge in [0.2, 0.25) is 0 Å². The predicted octanol–water partition coefficient (Wildman–Crippen LogP) is 2.60. The Hall–Kier alpha value is -1.24. The molecule has 1 saturated heterocycles. The number of hydrogen-bond acceptors (Lipinski definition) is 6. The lowest BCUT2D eigenvalue weighted by molar-refractivity contribution is 0.125. The van der Waals surface area contributed by atoms with Gasteiger partial charge in [-0.15, -0.1) is 11.3 Å². The van der Waals surface area contributed by atoms with Crippen LogP contribution in [-0.2, 0) is 19.4 Å². The maximum Gasteiger partial charge on any atom is 0.146 e. The Balaban J connectivity index is 1.57. The van der Waals surface area contributed by atoms with Crippen LogP contribution in [0.3, 0.4) is 0 Å². The van der Waals surface area contributed by atoms with E-state index in [2.05, 4.69) is 16.8 Å². The van der Waals surface area contributed by atoms with Gasteiger partial charge in [0, 0.05) is 11.5 Å². The minimum absolute atomic E-state index is 0.308. The van der Waals surface area contributed by atoms with Gasteiger partial charge in [-0.1, -0.05) is 6.92 Å². The first-order valence-corrected chi connectivity index (χ1v) is 9.85. The smallest absolute Gasteiger partial charge is 0.146 e. The summed E-state index contributed by atoms with van der Waals surface area (Å²) >= 11 is 1.82. The summed E-state index contributed by atoms with van der Waals surface area (Å²) in [5.74, 6) is 2.72. The number of aliphatic hydroxyl groups is 1. The molecule has 5 nitrogen and oxygen atoms in total. The summed E-state index contributed by atoms with van der Waals surface area (Å²) in [5, 5.41) is 10.4. The number of nitrogens with two attached hydrogens (primary N) is 1. The van der Waals surface area contributed by atoms with Crippen molar-refractivity contribution >= 4 is 27.4 Å². The largest absolute Gasteiger partial charge is 0.396 e. The Labute approximate surface area is 146 Å². The van der Waals surface area contributed by atoms with Gasteiger partial charge in [-0.2, -0.15) is 0 Å². The van der Waals surface area contributed by atoms with Crippen LogP contribution in [-0.4, -0.2) is 39.7 Å². The summed E-state index contributed by atoms with van der Waals surface area (Å²) in [6, 6.07) is 0. The zero-order chi connectivity index (χ0) is 16.7. The first-order valence-electron chi connectivity index (χ1n) is 9.04. The minimum Gasteiger partial charge on any atom is -0.396 e. The van der Waals surface area contributed by atoms with Crippen molar-refractivity contribution in [2.75, 3.05) is 25.4 Å². The van der Waals surface area contributed by atoms with Gasteiger partial charge in [0.25, 0.3) is 0 Å². The van der Waals surface area contributed by atoms with Gasteiger partial charge in [0.15, 0.2) is 0 Å². The molecule has 4 rings (SSSR count). The molecule has 0 amide bonds. The highest BCUT2D eigenvalue weighted by atomic mass is 32.1. The Morgan fingerprint density at radius 1 is 1.25 bits per heavy atom. The van der Waals surface area contributed by atoms with Gasteiger partial charge in [-0.3, -0.25) is 4.90 Å². The first-order chi connectivity index (χ1) is 11.6. The molecule has 130 valence electrons. The molecule has 1 unspecified atom stereocenters. The SMILES string of the molecule is CC1CCc2c(sc3nc(CN4CCC(CO)CC4)nc(N)c23)C1. The van der Waals surface area contributed by atoms with Gasteiger partial charge < -0.3 is 10.8 Å². The molecule has 2 aromatic rings. The number of fused-ring (bicyclic) bond motifs is 3. The van der Waals surface area contributed by atoms with E-state index in [1.807, 2.05) is 11.3 Å². The predicted molar refractivity (Wildman–Crippen MR) is 98.1 cm³/mol. The molecule has 1 atom stereocenters. The molecule has 0 bridgehead atoms. The van der Waals surface area contributed by atoms with Gasteiger partial charge in [0.05, 0.1) is 11.9 Å². The number of thiophene rings is 1. The van der Waals surface area contributed by atoms with Gasteiger partial charge in [-0.05, 0) is 62.6 Å². The Bertz CT molecular complexity index is 736. The molecule has 24 heavy (non-hydrogen) atoms. The average Bonchev–Trinajstić information content (AvgIpc) is 2.93. The van der Waals surface area contributed by atoms with Crippen molar-refractivity contribution in [3.8, 4) is 0 Å². The Morgan fingerprint density at radius 3 is 2.79 bits per heavy atom. The average molecular weight is 347 g/mol. The fourth-order valence-corrected chi connectivity index (χ4v) is 5.42. The van der Waals surface area contributed by atoms with E-state index in [9.17, 15) is 5.11 Å². The van der Waals surface area contributed by atoms with E-state index in [1.54, 1.807) is 0 Å². The molecule has 0 aromatic carbocycles. The van der Waals surface area contributed by atoms with Crippen LogP contribution in [0.25, 0.3) is 10.2 Å². The van der Waals surface area contributed by atoms with Gasteiger partial charge in [-0.25, -0.2) is 9.97 Å². The molecule has 6 heteroatoms. The van der Waals surface area contributed by atoms with Crippen molar-refractivity contribution in [3.05, 3.63) is 16.3 Å². The van der Waals surface area contributed by atoms with E-state index < -0.39 is 0 Å². The molecule has 3 heterocycles. The highest BCUT2D eigenvalue weighted by molar-refractivity contribution is 7.19. The Kier molecular flexibility index (Phi) is 4.45. The van der Waals surface area contributed by atoms with Crippen LogP contribution in [0.4, 0.5) is 5.82 Å². The monoisotopic (exact) mass is 346 g/mol. The van der Waals surface area contributed by atoms with E-state index in [0.717, 1.165) is 67.3 Å². The summed E-state index contributed by atoms with van der Waals surface area (Å²) in [6.07, 6.45) is 5.61. The highest BCUT2D eigenvalue weighted by Crippen LogP contribution is 2.39. The number of anilines is 1. The summed E-state index contributed by atoms with van der Waals surface area (Å²) in [5.41, 5.74) is 7.72. The third-order valence-electron chi connectivity index (χ3n) is 5.56. The number of nitrogens with zero attached hydrogens (tertiary/aromatic N) is 3. The Morgan fingerprint density at radius 2 is 2.04 bits per heavy atom. The number of nitrogen functional groups attached to an aromatic ring is 1. The van der Waals surface area contributed by atoms with Crippen LogP contribution < -0.4 is 5.73 Å². The molecule has 2 aromatic heterocycles. The summed E-state index contributed by atoms with van der Waals surface area (Å²) < 4.78 is 0. The second-order valence-electron chi connectivity index (χ2n) is 7.46. The lowest BCUT2D eigenvalue weighted by Crippen LogP contribution is -2.34. The molecular formula is C18H26N4OS. The van der Waals surface area contributed by atoms with Crippen LogP contribution in [0.2, 0.25) is 0 Å². The second-order valence-corrected chi connectivity index (χ2v) is 8.54. The number of aliphatic hydroxyl groups excluding tert-OH is 1. The maximum absolute atomic E-state index is 9.26.